The van der Waals surface area contributed by atoms with E-state index >= 15 is 0 Å². The van der Waals surface area contributed by atoms with E-state index in [0.29, 0.717) is 17.9 Å². The lowest BCUT2D eigenvalue weighted by Crippen LogP contribution is -2.42. The van der Waals surface area contributed by atoms with Crippen LogP contribution in [0, 0.1) is 0 Å². The first-order chi connectivity index (χ1) is 9.54. The van der Waals surface area contributed by atoms with Gasteiger partial charge in [-0.25, -0.2) is 4.98 Å². The van der Waals surface area contributed by atoms with Crippen LogP contribution >= 0.6 is 0 Å². The van der Waals surface area contributed by atoms with Crippen molar-refractivity contribution in [3.63, 3.8) is 0 Å². The normalized spacial score (nSPS) is 16.9. The second kappa shape index (κ2) is 6.22. The second-order valence-electron chi connectivity index (χ2n) is 5.55. The molecule has 0 bridgehead atoms. The number of likely N-dealkylation sites (N-methyl/N-ethyl adjacent to an activating group) is 1. The van der Waals surface area contributed by atoms with Gasteiger partial charge in [-0.1, -0.05) is 12.8 Å². The van der Waals surface area contributed by atoms with Gasteiger partial charge >= 0.3 is 0 Å². The van der Waals surface area contributed by atoms with Crippen molar-refractivity contribution in [3.8, 4) is 0 Å². The summed E-state index contributed by atoms with van der Waals surface area (Å²) in [6, 6.07) is 3.46. The highest BCUT2D eigenvalue weighted by atomic mass is 16.3. The largest absolute Gasteiger partial charge is 0.388 e. The number of anilines is 1. The summed E-state index contributed by atoms with van der Waals surface area (Å²) in [5.41, 5.74) is -0.109. The molecular weight excluding hydrogens is 254 g/mol. The van der Waals surface area contributed by atoms with Gasteiger partial charge in [-0.3, -0.25) is 4.79 Å². The summed E-state index contributed by atoms with van der Waals surface area (Å²) >= 11 is 0. The highest BCUT2D eigenvalue weighted by molar-refractivity contribution is 5.94. The zero-order chi connectivity index (χ0) is 14.6. The Morgan fingerprint density at radius 3 is 2.85 bits per heavy atom. The van der Waals surface area contributed by atoms with Crippen molar-refractivity contribution in [3.05, 3.63) is 23.9 Å². The van der Waals surface area contributed by atoms with Gasteiger partial charge in [0.1, 0.15) is 5.82 Å². The van der Waals surface area contributed by atoms with Crippen LogP contribution in [0.4, 0.5) is 5.82 Å². The summed E-state index contributed by atoms with van der Waals surface area (Å²) in [5, 5.41) is 13.5. The molecule has 1 aliphatic rings. The van der Waals surface area contributed by atoms with Crippen molar-refractivity contribution in [1.29, 1.82) is 0 Å². The predicted molar refractivity (Wildman–Crippen MR) is 78.8 cm³/mol. The topological polar surface area (TPSA) is 65.5 Å². The molecule has 1 amide bonds. The first-order valence-electron chi connectivity index (χ1n) is 7.22. The minimum Gasteiger partial charge on any atom is -0.388 e. The van der Waals surface area contributed by atoms with Crippen molar-refractivity contribution >= 4 is 11.7 Å². The van der Waals surface area contributed by atoms with Gasteiger partial charge in [0.15, 0.2) is 0 Å². The first-order valence-corrected chi connectivity index (χ1v) is 7.22. The smallest absolute Gasteiger partial charge is 0.253 e. The SMILES string of the molecule is CCNc1cc(C(=O)N(C)CC2(O)CCCC2)ccn1. The molecule has 2 N–H and O–H groups in total. The van der Waals surface area contributed by atoms with Crippen molar-refractivity contribution < 1.29 is 9.90 Å². The van der Waals surface area contributed by atoms with Crippen LogP contribution in [0.5, 0.6) is 0 Å². The summed E-state index contributed by atoms with van der Waals surface area (Å²) in [6.45, 7) is 3.14. The Labute approximate surface area is 120 Å². The van der Waals surface area contributed by atoms with E-state index in [-0.39, 0.29) is 5.91 Å². The molecule has 1 aromatic rings. The second-order valence-corrected chi connectivity index (χ2v) is 5.55. The maximum atomic E-state index is 12.4. The lowest BCUT2D eigenvalue weighted by molar-refractivity contribution is 0.0157. The number of hydrogen-bond acceptors (Lipinski definition) is 4. The molecule has 20 heavy (non-hydrogen) atoms. The molecule has 2 rings (SSSR count). The maximum absolute atomic E-state index is 12.4. The van der Waals surface area contributed by atoms with Crippen molar-refractivity contribution in [1.82, 2.24) is 9.88 Å². The molecule has 5 heteroatoms. The molecule has 0 aromatic carbocycles. The van der Waals surface area contributed by atoms with E-state index in [1.165, 1.54) is 0 Å². The number of nitrogens with zero attached hydrogens (tertiary/aromatic N) is 2. The van der Waals surface area contributed by atoms with Crippen molar-refractivity contribution in [2.24, 2.45) is 0 Å². The number of carbonyl (C=O) groups is 1. The van der Waals surface area contributed by atoms with E-state index < -0.39 is 5.60 Å². The van der Waals surface area contributed by atoms with E-state index in [1.807, 2.05) is 6.92 Å². The number of aliphatic hydroxyl groups is 1. The zero-order valence-electron chi connectivity index (χ0n) is 12.2. The van der Waals surface area contributed by atoms with Gasteiger partial charge in [-0.2, -0.15) is 0 Å². The molecule has 0 atom stereocenters. The van der Waals surface area contributed by atoms with Gasteiger partial charge in [0.05, 0.1) is 5.60 Å². The van der Waals surface area contributed by atoms with Gasteiger partial charge in [0.25, 0.3) is 5.91 Å². The Bertz CT molecular complexity index is 470. The molecule has 1 saturated carbocycles. The standard InChI is InChI=1S/C15H23N3O2/c1-3-16-13-10-12(6-9-17-13)14(19)18(2)11-15(20)7-4-5-8-15/h6,9-10,20H,3-5,7-8,11H2,1-2H3,(H,16,17). The van der Waals surface area contributed by atoms with Crippen LogP contribution in [0.25, 0.3) is 0 Å². The van der Waals surface area contributed by atoms with E-state index in [9.17, 15) is 9.90 Å². The van der Waals surface area contributed by atoms with Crippen LogP contribution in [0.1, 0.15) is 43.0 Å². The van der Waals surface area contributed by atoms with E-state index in [1.54, 1.807) is 30.3 Å². The molecule has 5 nitrogen and oxygen atoms in total. The fourth-order valence-corrected chi connectivity index (χ4v) is 2.77. The zero-order valence-corrected chi connectivity index (χ0v) is 12.2. The third kappa shape index (κ3) is 3.48. The third-order valence-electron chi connectivity index (χ3n) is 3.78. The van der Waals surface area contributed by atoms with Crippen molar-refractivity contribution in [2.75, 3.05) is 25.5 Å². The van der Waals surface area contributed by atoms with Crippen LogP contribution in [0.3, 0.4) is 0 Å². The fraction of sp³-hybridized carbons (Fsp3) is 0.600. The lowest BCUT2D eigenvalue weighted by atomic mass is 10.0. The quantitative estimate of drug-likeness (QED) is 0.862. The number of aromatic nitrogens is 1. The van der Waals surface area contributed by atoms with Crippen LogP contribution in [-0.2, 0) is 0 Å². The van der Waals surface area contributed by atoms with E-state index in [0.717, 1.165) is 32.2 Å². The van der Waals surface area contributed by atoms with E-state index in [4.69, 9.17) is 0 Å². The molecule has 1 heterocycles. The minimum atomic E-state index is -0.706. The molecule has 1 aromatic heterocycles. The highest BCUT2D eigenvalue weighted by Crippen LogP contribution is 2.30. The number of rotatable bonds is 5. The summed E-state index contributed by atoms with van der Waals surface area (Å²) in [4.78, 5) is 18.2. The number of hydrogen-bond donors (Lipinski definition) is 2. The Morgan fingerprint density at radius 2 is 2.20 bits per heavy atom. The summed E-state index contributed by atoms with van der Waals surface area (Å²) in [7, 11) is 1.74. The molecule has 1 fully saturated rings. The molecule has 1 aliphatic carbocycles. The van der Waals surface area contributed by atoms with Crippen LogP contribution < -0.4 is 5.32 Å². The summed E-state index contributed by atoms with van der Waals surface area (Å²) < 4.78 is 0. The van der Waals surface area contributed by atoms with Crippen LogP contribution in [-0.4, -0.2) is 46.6 Å². The molecule has 110 valence electrons. The Hall–Kier alpha value is -1.62. The molecule has 0 unspecified atom stereocenters. The molecule has 0 spiro atoms. The Balaban J connectivity index is 2.04. The molecule has 0 saturated heterocycles. The first kappa shape index (κ1) is 14.8. The molecular formula is C15H23N3O2. The van der Waals surface area contributed by atoms with Gasteiger partial charge in [0, 0.05) is 31.9 Å². The monoisotopic (exact) mass is 277 g/mol. The Kier molecular flexibility index (Phi) is 4.60. The number of nitrogens with one attached hydrogen (secondary N) is 1. The minimum absolute atomic E-state index is 0.0770. The van der Waals surface area contributed by atoms with E-state index in [2.05, 4.69) is 10.3 Å². The van der Waals surface area contributed by atoms with Crippen LogP contribution in [0.15, 0.2) is 18.3 Å². The fourth-order valence-electron chi connectivity index (χ4n) is 2.77. The predicted octanol–water partition coefficient (Wildman–Crippen LogP) is 1.89. The van der Waals surface area contributed by atoms with Gasteiger partial charge in [0.2, 0.25) is 0 Å². The van der Waals surface area contributed by atoms with Crippen molar-refractivity contribution in [2.45, 2.75) is 38.2 Å². The number of pyridine rings is 1. The highest BCUT2D eigenvalue weighted by Gasteiger charge is 2.33. The lowest BCUT2D eigenvalue weighted by Gasteiger charge is -2.28. The summed E-state index contributed by atoms with van der Waals surface area (Å²) in [6.07, 6.45) is 5.27. The summed E-state index contributed by atoms with van der Waals surface area (Å²) in [5.74, 6) is 0.623. The van der Waals surface area contributed by atoms with Crippen LogP contribution in [0.2, 0.25) is 0 Å². The Morgan fingerprint density at radius 1 is 1.50 bits per heavy atom. The average Bonchev–Trinajstić information content (AvgIpc) is 2.85. The average molecular weight is 277 g/mol. The number of amides is 1. The molecule has 0 radical (unpaired) electrons. The maximum Gasteiger partial charge on any atom is 0.253 e. The molecule has 0 aliphatic heterocycles. The number of carbonyl (C=O) groups excluding carboxylic acids is 1. The van der Waals surface area contributed by atoms with Gasteiger partial charge < -0.3 is 15.3 Å². The van der Waals surface area contributed by atoms with Gasteiger partial charge in [-0.15, -0.1) is 0 Å². The third-order valence-corrected chi connectivity index (χ3v) is 3.78. The van der Waals surface area contributed by atoms with Gasteiger partial charge in [-0.05, 0) is 31.9 Å².